The third-order valence-electron chi connectivity index (χ3n) is 5.83. The number of carbonyl (C=O) groups excluding carboxylic acids is 1. The van der Waals surface area contributed by atoms with Crippen LogP contribution in [-0.4, -0.2) is 63.0 Å². The van der Waals surface area contributed by atoms with Crippen LogP contribution in [0.1, 0.15) is 42.4 Å². The van der Waals surface area contributed by atoms with Crippen LogP contribution in [0.3, 0.4) is 0 Å². The summed E-state index contributed by atoms with van der Waals surface area (Å²) >= 11 is 0. The standard InChI is InChI=1S/C19H24N4O4/c1-11(2)23-16-15(7-20-23)14(6-12(3)21-16)17(24)22-8-13-9-27-5-4-19(13,10-22)18(25)26/h6-7,11,13H,4-5,8-10H2,1-3H3,(H,25,26)/t13-,19+/m0/s1. The molecule has 0 aromatic carbocycles. The quantitative estimate of drug-likeness (QED) is 0.883. The number of nitrogens with zero attached hydrogens (tertiary/aromatic N) is 4. The first-order chi connectivity index (χ1) is 12.8. The van der Waals surface area contributed by atoms with Crippen molar-refractivity contribution in [1.29, 1.82) is 0 Å². The van der Waals surface area contributed by atoms with Gasteiger partial charge < -0.3 is 14.7 Å². The SMILES string of the molecule is Cc1cc(C(=O)N2C[C@H]3COCC[C@@]3(C(=O)O)C2)c2cnn(C(C)C)c2n1. The highest BCUT2D eigenvalue weighted by Crippen LogP contribution is 2.43. The molecule has 27 heavy (non-hydrogen) atoms. The molecule has 0 bridgehead atoms. The lowest BCUT2D eigenvalue weighted by Gasteiger charge is -2.33. The van der Waals surface area contributed by atoms with Gasteiger partial charge in [0, 0.05) is 37.4 Å². The minimum Gasteiger partial charge on any atom is -0.481 e. The maximum Gasteiger partial charge on any atom is 0.311 e. The molecule has 0 saturated carbocycles. The lowest BCUT2D eigenvalue weighted by Crippen LogP contribution is -2.45. The lowest BCUT2D eigenvalue weighted by atomic mass is 9.74. The summed E-state index contributed by atoms with van der Waals surface area (Å²) in [4.78, 5) is 31.5. The van der Waals surface area contributed by atoms with E-state index in [0.29, 0.717) is 42.8 Å². The number of aryl methyl sites for hydroxylation is 1. The normalized spacial score (nSPS) is 25.2. The predicted octanol–water partition coefficient (Wildman–Crippen LogP) is 1.88. The minimum atomic E-state index is -0.906. The largest absolute Gasteiger partial charge is 0.481 e. The topological polar surface area (TPSA) is 97.5 Å². The van der Waals surface area contributed by atoms with E-state index in [-0.39, 0.29) is 24.4 Å². The van der Waals surface area contributed by atoms with Crippen molar-refractivity contribution in [3.63, 3.8) is 0 Å². The van der Waals surface area contributed by atoms with E-state index in [9.17, 15) is 14.7 Å². The van der Waals surface area contributed by atoms with Crippen molar-refractivity contribution in [1.82, 2.24) is 19.7 Å². The highest BCUT2D eigenvalue weighted by Gasteiger charge is 2.55. The van der Waals surface area contributed by atoms with Crippen LogP contribution in [0, 0.1) is 18.3 Å². The van der Waals surface area contributed by atoms with Crippen molar-refractivity contribution >= 4 is 22.9 Å². The van der Waals surface area contributed by atoms with Gasteiger partial charge in [0.2, 0.25) is 0 Å². The summed E-state index contributed by atoms with van der Waals surface area (Å²) in [5, 5.41) is 14.9. The van der Waals surface area contributed by atoms with Crippen LogP contribution in [0.15, 0.2) is 12.3 Å². The number of likely N-dealkylation sites (tertiary alicyclic amines) is 1. The molecule has 0 unspecified atom stereocenters. The molecular formula is C19H24N4O4. The first-order valence-electron chi connectivity index (χ1n) is 9.29. The molecule has 0 aliphatic carbocycles. The molecule has 8 nitrogen and oxygen atoms in total. The van der Waals surface area contributed by atoms with Crippen LogP contribution in [0.4, 0.5) is 0 Å². The van der Waals surface area contributed by atoms with Crippen molar-refractivity contribution in [2.24, 2.45) is 11.3 Å². The van der Waals surface area contributed by atoms with Crippen molar-refractivity contribution < 1.29 is 19.4 Å². The molecule has 1 N–H and O–H groups in total. The van der Waals surface area contributed by atoms with E-state index in [1.807, 2.05) is 20.8 Å². The van der Waals surface area contributed by atoms with Gasteiger partial charge in [-0.1, -0.05) is 0 Å². The number of carboxylic acid groups (broad SMARTS) is 1. The second-order valence-corrected chi connectivity index (χ2v) is 7.90. The van der Waals surface area contributed by atoms with Crippen LogP contribution in [0.2, 0.25) is 0 Å². The number of hydrogen-bond donors (Lipinski definition) is 1. The molecule has 1 amide bonds. The van der Waals surface area contributed by atoms with Crippen molar-refractivity contribution in [3.05, 3.63) is 23.5 Å². The van der Waals surface area contributed by atoms with Crippen LogP contribution in [-0.2, 0) is 9.53 Å². The Kier molecular flexibility index (Phi) is 4.18. The van der Waals surface area contributed by atoms with Crippen molar-refractivity contribution in [3.8, 4) is 0 Å². The van der Waals surface area contributed by atoms with E-state index in [0.717, 1.165) is 5.69 Å². The van der Waals surface area contributed by atoms with Crippen molar-refractivity contribution in [2.75, 3.05) is 26.3 Å². The summed E-state index contributed by atoms with van der Waals surface area (Å²) in [7, 11) is 0. The number of carboxylic acids is 1. The van der Waals surface area contributed by atoms with Gasteiger partial charge in [0.1, 0.15) is 0 Å². The summed E-state index contributed by atoms with van der Waals surface area (Å²) in [5.74, 6) is -1.18. The Morgan fingerprint density at radius 2 is 2.19 bits per heavy atom. The van der Waals surface area contributed by atoms with E-state index in [1.165, 1.54) is 0 Å². The molecule has 2 fully saturated rings. The highest BCUT2D eigenvalue weighted by molar-refractivity contribution is 6.06. The minimum absolute atomic E-state index is 0.127. The van der Waals surface area contributed by atoms with Crippen LogP contribution < -0.4 is 0 Å². The zero-order valence-electron chi connectivity index (χ0n) is 15.8. The number of fused-ring (bicyclic) bond motifs is 2. The number of amides is 1. The van der Waals surface area contributed by atoms with E-state index in [1.54, 1.807) is 21.8 Å². The molecule has 4 heterocycles. The molecule has 2 atom stereocenters. The number of aliphatic carboxylic acids is 1. The number of rotatable bonds is 3. The Bertz CT molecular complexity index is 922. The van der Waals surface area contributed by atoms with Crippen LogP contribution in [0.25, 0.3) is 11.0 Å². The Balaban J connectivity index is 1.73. The molecule has 0 spiro atoms. The van der Waals surface area contributed by atoms with Gasteiger partial charge in [-0.05, 0) is 33.3 Å². The second kappa shape index (κ2) is 6.30. The fraction of sp³-hybridized carbons (Fsp3) is 0.579. The average molecular weight is 372 g/mol. The van der Waals surface area contributed by atoms with Crippen molar-refractivity contribution in [2.45, 2.75) is 33.2 Å². The summed E-state index contributed by atoms with van der Waals surface area (Å²) < 4.78 is 7.29. The highest BCUT2D eigenvalue weighted by atomic mass is 16.5. The first-order valence-corrected chi connectivity index (χ1v) is 9.29. The Morgan fingerprint density at radius 1 is 1.41 bits per heavy atom. The van der Waals surface area contributed by atoms with E-state index in [2.05, 4.69) is 10.1 Å². The predicted molar refractivity (Wildman–Crippen MR) is 97.5 cm³/mol. The van der Waals surface area contributed by atoms with Gasteiger partial charge in [0.05, 0.1) is 29.2 Å². The van der Waals surface area contributed by atoms with Gasteiger partial charge in [-0.3, -0.25) is 9.59 Å². The number of hydrogen-bond acceptors (Lipinski definition) is 5. The van der Waals surface area contributed by atoms with Crippen LogP contribution in [0.5, 0.6) is 0 Å². The molecule has 2 aromatic rings. The summed E-state index contributed by atoms with van der Waals surface area (Å²) in [6, 6.07) is 1.89. The van der Waals surface area contributed by atoms with E-state index < -0.39 is 11.4 Å². The first kappa shape index (κ1) is 17.9. The fourth-order valence-electron chi connectivity index (χ4n) is 4.32. The maximum absolute atomic E-state index is 13.3. The molecule has 2 aliphatic heterocycles. The Morgan fingerprint density at radius 3 is 2.85 bits per heavy atom. The number of ether oxygens (including phenoxy) is 1. The molecule has 2 aliphatic rings. The maximum atomic E-state index is 13.3. The molecule has 2 aromatic heterocycles. The van der Waals surface area contributed by atoms with Gasteiger partial charge in [-0.15, -0.1) is 0 Å². The van der Waals surface area contributed by atoms with Crippen LogP contribution >= 0.6 is 0 Å². The van der Waals surface area contributed by atoms with Gasteiger partial charge in [-0.2, -0.15) is 5.10 Å². The third kappa shape index (κ3) is 2.70. The number of aromatic nitrogens is 3. The van der Waals surface area contributed by atoms with E-state index >= 15 is 0 Å². The summed E-state index contributed by atoms with van der Waals surface area (Å²) in [5.41, 5.74) is 1.05. The molecular weight excluding hydrogens is 348 g/mol. The monoisotopic (exact) mass is 372 g/mol. The zero-order valence-corrected chi connectivity index (χ0v) is 15.8. The van der Waals surface area contributed by atoms with E-state index in [4.69, 9.17) is 4.74 Å². The summed E-state index contributed by atoms with van der Waals surface area (Å²) in [6.07, 6.45) is 2.11. The molecule has 0 radical (unpaired) electrons. The fourth-order valence-corrected chi connectivity index (χ4v) is 4.32. The lowest BCUT2D eigenvalue weighted by molar-refractivity contribution is -0.157. The molecule has 144 valence electrons. The average Bonchev–Trinajstić information content (AvgIpc) is 3.22. The molecule has 8 heteroatoms. The Labute approximate surface area is 157 Å². The number of pyridine rings is 1. The molecule has 4 rings (SSSR count). The second-order valence-electron chi connectivity index (χ2n) is 7.90. The van der Waals surface area contributed by atoms with Gasteiger partial charge in [0.15, 0.2) is 5.65 Å². The Hall–Kier alpha value is -2.48. The van der Waals surface area contributed by atoms with Gasteiger partial charge >= 0.3 is 5.97 Å². The zero-order chi connectivity index (χ0) is 19.3. The molecule has 2 saturated heterocycles. The number of carbonyl (C=O) groups is 2. The van der Waals surface area contributed by atoms with Gasteiger partial charge in [-0.25, -0.2) is 9.67 Å². The van der Waals surface area contributed by atoms with Gasteiger partial charge in [0.25, 0.3) is 5.91 Å². The summed E-state index contributed by atoms with van der Waals surface area (Å²) in [6.45, 7) is 7.29. The smallest absolute Gasteiger partial charge is 0.311 e. The third-order valence-corrected chi connectivity index (χ3v) is 5.83.